The summed E-state index contributed by atoms with van der Waals surface area (Å²) in [5.41, 5.74) is 7.31. The van der Waals surface area contributed by atoms with Gasteiger partial charge in [-0.15, -0.1) is 5.10 Å². The lowest BCUT2D eigenvalue weighted by atomic mass is 9.86. The van der Waals surface area contributed by atoms with Gasteiger partial charge in [-0.05, 0) is 25.7 Å². The highest BCUT2D eigenvalue weighted by Crippen LogP contribution is 2.24. The zero-order chi connectivity index (χ0) is 13.7. The first-order chi connectivity index (χ1) is 9.16. The Balaban J connectivity index is 2.07. The van der Waals surface area contributed by atoms with Crippen LogP contribution < -0.4 is 5.73 Å². The standard InChI is InChI=1S/C13H18ClN5/c1-9(10-5-3-2-4-6-10)18-19-13(15)11-7-16-8-12(14)17-11/h7-8,10H,2-6H2,1H3,(H2,15,19)/b18-9-. The molecule has 1 aromatic heterocycles. The third-order valence-electron chi connectivity index (χ3n) is 3.38. The highest BCUT2D eigenvalue weighted by atomic mass is 35.5. The lowest BCUT2D eigenvalue weighted by molar-refractivity contribution is 0.438. The van der Waals surface area contributed by atoms with E-state index in [1.807, 2.05) is 6.92 Å². The van der Waals surface area contributed by atoms with E-state index in [1.54, 1.807) is 0 Å². The fraction of sp³-hybridized carbons (Fsp3) is 0.538. The Morgan fingerprint density at radius 3 is 2.68 bits per heavy atom. The van der Waals surface area contributed by atoms with Crippen LogP contribution in [0.4, 0.5) is 0 Å². The van der Waals surface area contributed by atoms with Gasteiger partial charge < -0.3 is 5.73 Å². The molecule has 0 unspecified atom stereocenters. The van der Waals surface area contributed by atoms with E-state index < -0.39 is 0 Å². The van der Waals surface area contributed by atoms with Crippen LogP contribution in [0, 0.1) is 5.92 Å². The molecule has 2 N–H and O–H groups in total. The van der Waals surface area contributed by atoms with Crippen LogP contribution >= 0.6 is 11.6 Å². The SMILES string of the molecule is C/C(=N/N=C(/N)c1cncc(Cl)n1)C1CCCCC1. The number of nitrogens with zero attached hydrogens (tertiary/aromatic N) is 4. The molecular weight excluding hydrogens is 262 g/mol. The summed E-state index contributed by atoms with van der Waals surface area (Å²) in [7, 11) is 0. The minimum absolute atomic E-state index is 0.241. The molecule has 0 aliphatic heterocycles. The summed E-state index contributed by atoms with van der Waals surface area (Å²) in [4.78, 5) is 7.96. The first kappa shape index (κ1) is 13.9. The van der Waals surface area contributed by atoms with Gasteiger partial charge >= 0.3 is 0 Å². The van der Waals surface area contributed by atoms with Crippen molar-refractivity contribution in [2.75, 3.05) is 0 Å². The normalized spacial score (nSPS) is 18.6. The van der Waals surface area contributed by atoms with Crippen LogP contribution in [0.5, 0.6) is 0 Å². The van der Waals surface area contributed by atoms with Gasteiger partial charge in [0.2, 0.25) is 0 Å². The van der Waals surface area contributed by atoms with Crippen molar-refractivity contribution in [2.24, 2.45) is 21.9 Å². The largest absolute Gasteiger partial charge is 0.380 e. The number of hydrogen-bond donors (Lipinski definition) is 1. The fourth-order valence-corrected chi connectivity index (χ4v) is 2.40. The predicted octanol–water partition coefficient (Wildman–Crippen LogP) is 2.79. The highest BCUT2D eigenvalue weighted by molar-refractivity contribution is 6.29. The summed E-state index contributed by atoms with van der Waals surface area (Å²) in [6, 6.07) is 0. The topological polar surface area (TPSA) is 76.5 Å². The molecule has 1 fully saturated rings. The van der Waals surface area contributed by atoms with Crippen LogP contribution in [-0.4, -0.2) is 21.5 Å². The van der Waals surface area contributed by atoms with Crippen molar-refractivity contribution in [3.05, 3.63) is 23.2 Å². The Kier molecular flexibility index (Phi) is 4.85. The molecule has 0 aromatic carbocycles. The lowest BCUT2D eigenvalue weighted by Crippen LogP contribution is -2.17. The number of aromatic nitrogens is 2. The van der Waals surface area contributed by atoms with Gasteiger partial charge in [-0.2, -0.15) is 5.10 Å². The highest BCUT2D eigenvalue weighted by Gasteiger charge is 2.16. The summed E-state index contributed by atoms with van der Waals surface area (Å²) in [6.07, 6.45) is 9.24. The van der Waals surface area contributed by atoms with Crippen LogP contribution in [0.3, 0.4) is 0 Å². The van der Waals surface area contributed by atoms with Gasteiger partial charge in [-0.25, -0.2) is 4.98 Å². The second kappa shape index (κ2) is 6.61. The maximum Gasteiger partial charge on any atom is 0.173 e. The van der Waals surface area contributed by atoms with Gasteiger partial charge in [-0.1, -0.05) is 30.9 Å². The summed E-state index contributed by atoms with van der Waals surface area (Å²) < 4.78 is 0. The smallest absolute Gasteiger partial charge is 0.173 e. The number of nitrogens with two attached hydrogens (primary N) is 1. The van der Waals surface area contributed by atoms with Gasteiger partial charge in [-0.3, -0.25) is 4.98 Å². The number of halogens is 1. The second-order valence-electron chi connectivity index (χ2n) is 4.79. The lowest BCUT2D eigenvalue weighted by Gasteiger charge is -2.20. The van der Waals surface area contributed by atoms with E-state index in [0.717, 1.165) is 5.71 Å². The van der Waals surface area contributed by atoms with E-state index >= 15 is 0 Å². The number of hydrogen-bond acceptors (Lipinski definition) is 4. The van der Waals surface area contributed by atoms with Gasteiger partial charge in [0.05, 0.1) is 12.4 Å². The molecule has 5 nitrogen and oxygen atoms in total. The fourth-order valence-electron chi connectivity index (χ4n) is 2.25. The van der Waals surface area contributed by atoms with E-state index in [-0.39, 0.29) is 5.84 Å². The van der Waals surface area contributed by atoms with Crippen molar-refractivity contribution in [1.29, 1.82) is 0 Å². The number of rotatable bonds is 3. The van der Waals surface area contributed by atoms with E-state index in [4.69, 9.17) is 17.3 Å². The Morgan fingerprint density at radius 1 is 1.26 bits per heavy atom. The van der Waals surface area contributed by atoms with Gasteiger partial charge in [0, 0.05) is 5.71 Å². The molecule has 0 bridgehead atoms. The van der Waals surface area contributed by atoms with Crippen molar-refractivity contribution in [2.45, 2.75) is 39.0 Å². The summed E-state index contributed by atoms with van der Waals surface area (Å²) in [6.45, 7) is 2.01. The minimum atomic E-state index is 0.241. The van der Waals surface area contributed by atoms with Crippen LogP contribution in [0.1, 0.15) is 44.7 Å². The average Bonchev–Trinajstić information content (AvgIpc) is 2.45. The van der Waals surface area contributed by atoms with Gasteiger partial charge in [0.1, 0.15) is 10.8 Å². The minimum Gasteiger partial charge on any atom is -0.380 e. The molecule has 0 spiro atoms. The van der Waals surface area contributed by atoms with Gasteiger partial charge in [0.15, 0.2) is 5.84 Å². The quantitative estimate of drug-likeness (QED) is 0.525. The van der Waals surface area contributed by atoms with Crippen molar-refractivity contribution < 1.29 is 0 Å². The van der Waals surface area contributed by atoms with E-state index in [1.165, 1.54) is 44.5 Å². The van der Waals surface area contributed by atoms with Crippen molar-refractivity contribution in [3.8, 4) is 0 Å². The van der Waals surface area contributed by atoms with Crippen molar-refractivity contribution in [3.63, 3.8) is 0 Å². The van der Waals surface area contributed by atoms with Crippen molar-refractivity contribution in [1.82, 2.24) is 9.97 Å². The summed E-state index contributed by atoms with van der Waals surface area (Å²) in [5, 5.41) is 8.55. The Labute approximate surface area is 118 Å². The molecule has 102 valence electrons. The molecule has 1 saturated carbocycles. The number of amidine groups is 1. The molecule has 6 heteroatoms. The van der Waals surface area contributed by atoms with E-state index in [2.05, 4.69) is 20.2 Å². The van der Waals surface area contributed by atoms with Crippen LogP contribution in [0.2, 0.25) is 5.15 Å². The first-order valence-electron chi connectivity index (χ1n) is 6.52. The molecule has 1 aromatic rings. The first-order valence-corrected chi connectivity index (χ1v) is 6.90. The molecule has 0 radical (unpaired) electrons. The Morgan fingerprint density at radius 2 is 2.00 bits per heavy atom. The van der Waals surface area contributed by atoms with Gasteiger partial charge in [0.25, 0.3) is 0 Å². The Hall–Kier alpha value is -1.49. The zero-order valence-corrected chi connectivity index (χ0v) is 11.8. The molecule has 2 rings (SSSR count). The monoisotopic (exact) mass is 279 g/mol. The van der Waals surface area contributed by atoms with Crippen LogP contribution in [0.15, 0.2) is 22.6 Å². The van der Waals surface area contributed by atoms with E-state index in [9.17, 15) is 0 Å². The van der Waals surface area contributed by atoms with Crippen LogP contribution in [-0.2, 0) is 0 Å². The molecule has 1 aliphatic rings. The molecule has 1 heterocycles. The third-order valence-corrected chi connectivity index (χ3v) is 3.56. The third kappa shape index (κ3) is 3.99. The second-order valence-corrected chi connectivity index (χ2v) is 5.18. The predicted molar refractivity (Wildman–Crippen MR) is 77.5 cm³/mol. The average molecular weight is 280 g/mol. The summed E-state index contributed by atoms with van der Waals surface area (Å²) in [5.74, 6) is 0.779. The van der Waals surface area contributed by atoms with Crippen LogP contribution in [0.25, 0.3) is 0 Å². The summed E-state index contributed by atoms with van der Waals surface area (Å²) >= 11 is 5.75. The molecule has 0 saturated heterocycles. The Bertz CT molecular complexity index is 492. The molecule has 0 atom stereocenters. The molecule has 19 heavy (non-hydrogen) atoms. The van der Waals surface area contributed by atoms with Crippen molar-refractivity contribution >= 4 is 23.1 Å². The molecule has 0 amide bonds. The molecule has 1 aliphatic carbocycles. The van der Waals surface area contributed by atoms with E-state index in [0.29, 0.717) is 16.8 Å². The maximum absolute atomic E-state index is 5.82. The molecular formula is C13H18ClN5. The maximum atomic E-state index is 5.82. The zero-order valence-electron chi connectivity index (χ0n) is 11.0.